The average Bonchev–Trinajstić information content (AvgIpc) is 3.30. The Bertz CT molecular complexity index is 775. The molecule has 27 heavy (non-hydrogen) atoms. The van der Waals surface area contributed by atoms with Crippen LogP contribution in [0.5, 0.6) is 0 Å². The Morgan fingerprint density at radius 3 is 2.78 bits per heavy atom. The Balaban J connectivity index is 1.74. The van der Waals surface area contributed by atoms with Gasteiger partial charge in [0, 0.05) is 32.3 Å². The fourth-order valence-corrected chi connectivity index (χ4v) is 3.54. The van der Waals surface area contributed by atoms with Gasteiger partial charge in [-0.05, 0) is 18.1 Å². The molecule has 1 aliphatic heterocycles. The molecular weight excluding hydrogens is 344 g/mol. The molecule has 1 aliphatic rings. The summed E-state index contributed by atoms with van der Waals surface area (Å²) >= 11 is 0. The highest BCUT2D eigenvalue weighted by Gasteiger charge is 2.36. The van der Waals surface area contributed by atoms with Crippen molar-refractivity contribution in [1.82, 2.24) is 20.4 Å². The molecule has 1 aromatic carbocycles. The first-order chi connectivity index (χ1) is 13.1. The summed E-state index contributed by atoms with van der Waals surface area (Å²) < 4.78 is 6.83. The minimum atomic E-state index is -0.409. The van der Waals surface area contributed by atoms with E-state index in [2.05, 4.69) is 15.7 Å². The van der Waals surface area contributed by atoms with Gasteiger partial charge in [-0.2, -0.15) is 5.10 Å². The third-order valence-corrected chi connectivity index (χ3v) is 4.90. The molecule has 1 amide bonds. The van der Waals surface area contributed by atoms with Crippen LogP contribution in [0.1, 0.15) is 36.4 Å². The van der Waals surface area contributed by atoms with E-state index in [1.165, 1.54) is 0 Å². The van der Waals surface area contributed by atoms with Gasteiger partial charge in [0.1, 0.15) is 0 Å². The van der Waals surface area contributed by atoms with Crippen molar-refractivity contribution in [2.24, 2.45) is 13.0 Å². The second-order valence-electron chi connectivity index (χ2n) is 6.80. The van der Waals surface area contributed by atoms with Crippen LogP contribution in [-0.4, -0.2) is 41.4 Å². The van der Waals surface area contributed by atoms with Crippen LogP contribution in [0.2, 0.25) is 0 Å². The van der Waals surface area contributed by atoms with Crippen LogP contribution < -0.4 is 10.6 Å². The van der Waals surface area contributed by atoms with E-state index in [9.17, 15) is 9.59 Å². The molecule has 1 unspecified atom stereocenters. The molecule has 0 bridgehead atoms. The zero-order chi connectivity index (χ0) is 19.2. The van der Waals surface area contributed by atoms with E-state index in [1.54, 1.807) is 11.6 Å². The molecule has 1 fully saturated rings. The van der Waals surface area contributed by atoms with E-state index in [0.717, 1.165) is 17.7 Å². The van der Waals surface area contributed by atoms with E-state index in [0.29, 0.717) is 13.2 Å². The standard InChI is InChI=1S/C20H26N4O3/c1-3-27-19(25)9-18(14-7-5-4-6-8-14)23-20(26)17-12-21-11-16(17)15-10-22-24(2)13-15/h4-8,10,13,16-18,21H,3,9,11-12H2,1-2H3,(H,23,26)/t16-,17+,18?/m1/s1. The number of nitrogens with one attached hydrogen (secondary N) is 2. The number of nitrogens with zero attached hydrogens (tertiary/aromatic N) is 2. The van der Waals surface area contributed by atoms with Crippen LogP contribution in [0, 0.1) is 5.92 Å². The number of benzene rings is 1. The van der Waals surface area contributed by atoms with Crippen molar-refractivity contribution in [3.8, 4) is 0 Å². The third-order valence-electron chi connectivity index (χ3n) is 4.90. The summed E-state index contributed by atoms with van der Waals surface area (Å²) in [7, 11) is 1.87. The fourth-order valence-electron chi connectivity index (χ4n) is 3.54. The maximum atomic E-state index is 13.0. The van der Waals surface area contributed by atoms with Crippen molar-refractivity contribution in [2.45, 2.75) is 25.3 Å². The molecule has 7 heteroatoms. The number of hydrogen-bond donors (Lipinski definition) is 2. The van der Waals surface area contributed by atoms with Crippen molar-refractivity contribution >= 4 is 11.9 Å². The van der Waals surface area contributed by atoms with Crippen LogP contribution >= 0.6 is 0 Å². The van der Waals surface area contributed by atoms with Gasteiger partial charge in [0.15, 0.2) is 0 Å². The number of amides is 1. The average molecular weight is 370 g/mol. The van der Waals surface area contributed by atoms with E-state index in [1.807, 2.05) is 49.8 Å². The van der Waals surface area contributed by atoms with Crippen LogP contribution in [0.4, 0.5) is 0 Å². The Kier molecular flexibility index (Phi) is 6.24. The van der Waals surface area contributed by atoms with Crippen molar-refractivity contribution < 1.29 is 14.3 Å². The summed E-state index contributed by atoms with van der Waals surface area (Å²) in [5, 5.41) is 10.6. The van der Waals surface area contributed by atoms with Crippen molar-refractivity contribution in [2.75, 3.05) is 19.7 Å². The summed E-state index contributed by atoms with van der Waals surface area (Å²) in [4.78, 5) is 25.0. The minimum absolute atomic E-state index is 0.0630. The van der Waals surface area contributed by atoms with Crippen LogP contribution in [0.3, 0.4) is 0 Å². The first kappa shape index (κ1) is 19.1. The summed E-state index contributed by atoms with van der Waals surface area (Å²) in [6.45, 7) is 3.44. The number of aromatic nitrogens is 2. The van der Waals surface area contributed by atoms with Gasteiger partial charge in [0.25, 0.3) is 0 Å². The lowest BCUT2D eigenvalue weighted by atomic mass is 9.89. The number of rotatable bonds is 7. The lowest BCUT2D eigenvalue weighted by molar-refractivity contribution is -0.143. The van der Waals surface area contributed by atoms with E-state index >= 15 is 0 Å². The van der Waals surface area contributed by atoms with Gasteiger partial charge in [0.05, 0.1) is 31.2 Å². The predicted octanol–water partition coefficient (Wildman–Crippen LogP) is 1.53. The lowest BCUT2D eigenvalue weighted by Crippen LogP contribution is -2.37. The minimum Gasteiger partial charge on any atom is -0.466 e. The molecule has 2 aromatic rings. The van der Waals surface area contributed by atoms with Crippen molar-refractivity contribution in [3.63, 3.8) is 0 Å². The molecule has 0 radical (unpaired) electrons. The molecule has 7 nitrogen and oxygen atoms in total. The topological polar surface area (TPSA) is 85.2 Å². The maximum Gasteiger partial charge on any atom is 0.308 e. The molecule has 3 atom stereocenters. The highest BCUT2D eigenvalue weighted by atomic mass is 16.5. The Hall–Kier alpha value is -2.67. The number of carbonyl (C=O) groups excluding carboxylic acids is 2. The van der Waals surface area contributed by atoms with Gasteiger partial charge >= 0.3 is 5.97 Å². The molecule has 0 saturated carbocycles. The predicted molar refractivity (Wildman–Crippen MR) is 101 cm³/mol. The Labute approximate surface area is 159 Å². The number of carbonyl (C=O) groups is 2. The van der Waals surface area contributed by atoms with Crippen molar-refractivity contribution in [3.05, 3.63) is 53.9 Å². The molecule has 0 aliphatic carbocycles. The monoisotopic (exact) mass is 370 g/mol. The van der Waals surface area contributed by atoms with E-state index < -0.39 is 6.04 Å². The summed E-state index contributed by atoms with van der Waals surface area (Å²) in [5.74, 6) is -0.521. The van der Waals surface area contributed by atoms with Crippen LogP contribution in [0.25, 0.3) is 0 Å². The smallest absolute Gasteiger partial charge is 0.308 e. The molecule has 1 saturated heterocycles. The summed E-state index contributed by atoms with van der Waals surface area (Å²) in [5.41, 5.74) is 1.94. The number of ether oxygens (including phenoxy) is 1. The number of esters is 1. The van der Waals surface area contributed by atoms with Crippen LogP contribution in [0.15, 0.2) is 42.7 Å². The molecule has 3 rings (SSSR count). The zero-order valence-electron chi connectivity index (χ0n) is 15.7. The van der Waals surface area contributed by atoms with Gasteiger partial charge in [-0.15, -0.1) is 0 Å². The first-order valence-corrected chi connectivity index (χ1v) is 9.28. The van der Waals surface area contributed by atoms with E-state index in [-0.39, 0.29) is 30.1 Å². The molecule has 1 aromatic heterocycles. The SMILES string of the molecule is CCOC(=O)CC(NC(=O)[C@H]1CNC[C@@H]1c1cnn(C)c1)c1ccccc1. The lowest BCUT2D eigenvalue weighted by Gasteiger charge is -2.23. The zero-order valence-corrected chi connectivity index (χ0v) is 15.7. The highest BCUT2D eigenvalue weighted by molar-refractivity contribution is 5.82. The first-order valence-electron chi connectivity index (χ1n) is 9.28. The fraction of sp³-hybridized carbons (Fsp3) is 0.450. The molecule has 2 heterocycles. The Morgan fingerprint density at radius 1 is 1.33 bits per heavy atom. The summed E-state index contributed by atoms with van der Waals surface area (Å²) in [6, 6.07) is 9.12. The van der Waals surface area contributed by atoms with Crippen molar-refractivity contribution in [1.29, 1.82) is 0 Å². The quantitative estimate of drug-likeness (QED) is 0.722. The molecular formula is C20H26N4O3. The highest BCUT2D eigenvalue weighted by Crippen LogP contribution is 2.29. The van der Waals surface area contributed by atoms with Gasteiger partial charge in [-0.3, -0.25) is 14.3 Å². The Morgan fingerprint density at radius 2 is 2.11 bits per heavy atom. The van der Waals surface area contributed by atoms with Gasteiger partial charge in [-0.1, -0.05) is 30.3 Å². The number of hydrogen-bond acceptors (Lipinski definition) is 5. The van der Waals surface area contributed by atoms with Gasteiger partial charge < -0.3 is 15.4 Å². The van der Waals surface area contributed by atoms with Gasteiger partial charge in [-0.25, -0.2) is 0 Å². The second-order valence-corrected chi connectivity index (χ2v) is 6.80. The summed E-state index contributed by atoms with van der Waals surface area (Å²) in [6.07, 6.45) is 3.87. The third kappa shape index (κ3) is 4.74. The largest absolute Gasteiger partial charge is 0.466 e. The molecule has 2 N–H and O–H groups in total. The normalized spacial score (nSPS) is 20.2. The van der Waals surface area contributed by atoms with Gasteiger partial charge in [0.2, 0.25) is 5.91 Å². The maximum absolute atomic E-state index is 13.0. The van der Waals surface area contributed by atoms with E-state index in [4.69, 9.17) is 4.74 Å². The van der Waals surface area contributed by atoms with Crippen LogP contribution in [-0.2, 0) is 21.4 Å². The second kappa shape index (κ2) is 8.81. The molecule has 144 valence electrons. The molecule has 0 spiro atoms. The number of aryl methyl sites for hydroxylation is 1.